The number of aromatic nitrogens is 3. The molecule has 1 aliphatic rings. The van der Waals surface area contributed by atoms with Crippen molar-refractivity contribution in [3.8, 4) is 0 Å². The van der Waals surface area contributed by atoms with E-state index in [1.807, 2.05) is 37.4 Å². The minimum absolute atomic E-state index is 0.562. The van der Waals surface area contributed by atoms with Gasteiger partial charge in [-0.1, -0.05) is 12.1 Å². The minimum atomic E-state index is 0.562. The van der Waals surface area contributed by atoms with Crippen molar-refractivity contribution < 1.29 is 0 Å². The van der Waals surface area contributed by atoms with Crippen molar-refractivity contribution in [1.82, 2.24) is 19.9 Å². The fourth-order valence-electron chi connectivity index (χ4n) is 3.31. The van der Waals surface area contributed by atoms with E-state index in [2.05, 4.69) is 36.9 Å². The lowest BCUT2D eigenvalue weighted by atomic mass is 10.2. The second-order valence-corrected chi connectivity index (χ2v) is 6.46. The Morgan fingerprint density at radius 1 is 1.04 bits per heavy atom. The molecule has 0 saturated carbocycles. The molecule has 2 aromatic heterocycles. The van der Waals surface area contributed by atoms with Crippen LogP contribution in [0.15, 0.2) is 42.6 Å². The van der Waals surface area contributed by atoms with Crippen LogP contribution >= 0.6 is 0 Å². The molecule has 1 aromatic carbocycles. The molecule has 0 amide bonds. The zero-order valence-corrected chi connectivity index (χ0v) is 14.4. The number of benzene rings is 1. The van der Waals surface area contributed by atoms with Crippen LogP contribution in [0.5, 0.6) is 0 Å². The molecular weight excluding hydrogens is 312 g/mol. The average molecular weight is 334 g/mol. The summed E-state index contributed by atoms with van der Waals surface area (Å²) in [6.07, 6.45) is 1.88. The number of pyridine rings is 1. The van der Waals surface area contributed by atoms with Crippen molar-refractivity contribution in [2.75, 3.05) is 36.8 Å². The lowest BCUT2D eigenvalue weighted by Gasteiger charge is -2.35. The lowest BCUT2D eigenvalue weighted by Crippen LogP contribution is -2.46. The van der Waals surface area contributed by atoms with Gasteiger partial charge < -0.3 is 10.6 Å². The van der Waals surface area contributed by atoms with Crippen molar-refractivity contribution in [3.05, 3.63) is 54.1 Å². The molecule has 0 unspecified atom stereocenters. The van der Waals surface area contributed by atoms with E-state index in [1.165, 1.54) is 5.69 Å². The van der Waals surface area contributed by atoms with E-state index >= 15 is 0 Å². The van der Waals surface area contributed by atoms with Gasteiger partial charge in [0, 0.05) is 49.1 Å². The summed E-state index contributed by atoms with van der Waals surface area (Å²) < 4.78 is 0. The van der Waals surface area contributed by atoms with Gasteiger partial charge in [-0.2, -0.15) is 0 Å². The Bertz CT molecular complexity index is 886. The molecule has 1 fully saturated rings. The third-order valence-corrected chi connectivity index (χ3v) is 4.66. The summed E-state index contributed by atoms with van der Waals surface area (Å²) in [5, 5.41) is 0.920. The number of hydrogen-bond acceptors (Lipinski definition) is 6. The Balaban J connectivity index is 1.43. The predicted octanol–water partition coefficient (Wildman–Crippen LogP) is 2.24. The van der Waals surface area contributed by atoms with Crippen LogP contribution in [0, 0.1) is 6.92 Å². The highest BCUT2D eigenvalue weighted by atomic mass is 15.3. The molecule has 6 heteroatoms. The number of anilines is 2. The van der Waals surface area contributed by atoms with Gasteiger partial charge in [0.05, 0.1) is 12.1 Å². The Kier molecular flexibility index (Phi) is 4.19. The minimum Gasteiger partial charge on any atom is -0.383 e. The molecule has 0 radical (unpaired) electrons. The molecule has 3 aromatic rings. The van der Waals surface area contributed by atoms with E-state index in [1.54, 1.807) is 0 Å². The van der Waals surface area contributed by atoms with Crippen molar-refractivity contribution in [3.63, 3.8) is 0 Å². The van der Waals surface area contributed by atoms with Gasteiger partial charge in [0.25, 0.3) is 0 Å². The molecule has 0 bridgehead atoms. The van der Waals surface area contributed by atoms with E-state index in [0.717, 1.165) is 55.1 Å². The number of para-hydroxylation sites is 1. The zero-order valence-electron chi connectivity index (χ0n) is 14.4. The molecular formula is C19H22N6. The van der Waals surface area contributed by atoms with Gasteiger partial charge in [0.2, 0.25) is 0 Å². The molecule has 6 nitrogen and oxygen atoms in total. The number of piperazine rings is 1. The van der Waals surface area contributed by atoms with Crippen molar-refractivity contribution >= 4 is 22.4 Å². The topological polar surface area (TPSA) is 71.2 Å². The Hall–Kier alpha value is -2.73. The number of fused-ring (bicyclic) bond motifs is 1. The summed E-state index contributed by atoms with van der Waals surface area (Å²) in [7, 11) is 0. The quantitative estimate of drug-likeness (QED) is 0.792. The normalized spacial score (nSPS) is 15.6. The van der Waals surface area contributed by atoms with Crippen LogP contribution in [0.2, 0.25) is 0 Å². The molecule has 1 saturated heterocycles. The molecule has 0 spiro atoms. The van der Waals surface area contributed by atoms with Gasteiger partial charge in [-0.3, -0.25) is 9.88 Å². The zero-order chi connectivity index (χ0) is 17.2. The van der Waals surface area contributed by atoms with E-state index in [9.17, 15) is 0 Å². The summed E-state index contributed by atoms with van der Waals surface area (Å²) in [4.78, 5) is 18.2. The van der Waals surface area contributed by atoms with Gasteiger partial charge >= 0.3 is 0 Å². The third kappa shape index (κ3) is 3.39. The largest absolute Gasteiger partial charge is 0.383 e. The number of aryl methyl sites for hydroxylation is 1. The fourth-order valence-corrected chi connectivity index (χ4v) is 3.31. The Morgan fingerprint density at radius 3 is 2.64 bits per heavy atom. The van der Waals surface area contributed by atoms with E-state index in [0.29, 0.717) is 5.82 Å². The fraction of sp³-hybridized carbons (Fsp3) is 0.316. The van der Waals surface area contributed by atoms with Gasteiger partial charge in [0.1, 0.15) is 11.6 Å². The highest BCUT2D eigenvalue weighted by Gasteiger charge is 2.18. The molecule has 1 aliphatic heterocycles. The number of nitrogen functional groups attached to an aromatic ring is 1. The Morgan fingerprint density at radius 2 is 1.84 bits per heavy atom. The summed E-state index contributed by atoms with van der Waals surface area (Å²) in [5.41, 5.74) is 9.31. The van der Waals surface area contributed by atoms with Crippen LogP contribution in [0.4, 0.5) is 11.5 Å². The second-order valence-electron chi connectivity index (χ2n) is 6.46. The molecule has 0 aliphatic carbocycles. The highest BCUT2D eigenvalue weighted by molar-refractivity contribution is 5.87. The summed E-state index contributed by atoms with van der Waals surface area (Å²) >= 11 is 0. The number of rotatable bonds is 3. The first kappa shape index (κ1) is 15.8. The van der Waals surface area contributed by atoms with Gasteiger partial charge in [0.15, 0.2) is 0 Å². The molecule has 128 valence electrons. The maximum atomic E-state index is 6.09. The van der Waals surface area contributed by atoms with Gasteiger partial charge in [-0.25, -0.2) is 9.97 Å². The average Bonchev–Trinajstić information content (AvgIpc) is 2.62. The SMILES string of the molecule is Cc1cc(N2CCN(Cc3nc(N)c4ccccc4n3)CC2)ccn1. The third-order valence-electron chi connectivity index (χ3n) is 4.66. The highest BCUT2D eigenvalue weighted by Crippen LogP contribution is 2.19. The molecule has 4 rings (SSSR count). The number of nitrogens with two attached hydrogens (primary N) is 1. The molecule has 2 N–H and O–H groups in total. The van der Waals surface area contributed by atoms with E-state index < -0.39 is 0 Å². The van der Waals surface area contributed by atoms with Crippen LogP contribution < -0.4 is 10.6 Å². The van der Waals surface area contributed by atoms with Crippen LogP contribution in [-0.4, -0.2) is 46.0 Å². The standard InChI is InChI=1S/C19H22N6/c1-14-12-15(6-7-21-14)25-10-8-24(9-11-25)13-18-22-17-5-3-2-4-16(17)19(20)23-18/h2-7,12H,8-11,13H2,1H3,(H2,20,22,23). The summed E-state index contributed by atoms with van der Waals surface area (Å²) in [6, 6.07) is 12.1. The monoisotopic (exact) mass is 334 g/mol. The van der Waals surface area contributed by atoms with Crippen molar-refractivity contribution in [2.45, 2.75) is 13.5 Å². The van der Waals surface area contributed by atoms with Crippen LogP contribution in [-0.2, 0) is 6.54 Å². The summed E-state index contributed by atoms with van der Waals surface area (Å²) in [5.74, 6) is 1.36. The van der Waals surface area contributed by atoms with E-state index in [4.69, 9.17) is 5.73 Å². The maximum Gasteiger partial charge on any atom is 0.145 e. The van der Waals surface area contributed by atoms with Crippen LogP contribution in [0.25, 0.3) is 10.9 Å². The first-order valence-electron chi connectivity index (χ1n) is 8.60. The lowest BCUT2D eigenvalue weighted by molar-refractivity contribution is 0.244. The first-order valence-corrected chi connectivity index (χ1v) is 8.60. The van der Waals surface area contributed by atoms with Gasteiger partial charge in [-0.15, -0.1) is 0 Å². The number of nitrogens with zero attached hydrogens (tertiary/aromatic N) is 5. The van der Waals surface area contributed by atoms with Gasteiger partial charge in [-0.05, 0) is 31.2 Å². The summed E-state index contributed by atoms with van der Waals surface area (Å²) in [6.45, 7) is 6.72. The predicted molar refractivity (Wildman–Crippen MR) is 100 cm³/mol. The first-order chi connectivity index (χ1) is 12.2. The van der Waals surface area contributed by atoms with Crippen LogP contribution in [0.1, 0.15) is 11.5 Å². The van der Waals surface area contributed by atoms with Crippen molar-refractivity contribution in [1.29, 1.82) is 0 Å². The maximum absolute atomic E-state index is 6.09. The van der Waals surface area contributed by atoms with E-state index in [-0.39, 0.29) is 0 Å². The molecule has 3 heterocycles. The molecule has 25 heavy (non-hydrogen) atoms. The van der Waals surface area contributed by atoms with Crippen molar-refractivity contribution in [2.24, 2.45) is 0 Å². The number of hydrogen-bond donors (Lipinski definition) is 1. The smallest absolute Gasteiger partial charge is 0.145 e. The van der Waals surface area contributed by atoms with Crippen LogP contribution in [0.3, 0.4) is 0 Å². The second kappa shape index (κ2) is 6.64. The Labute approximate surface area is 147 Å². The molecule has 0 atom stereocenters.